The summed E-state index contributed by atoms with van der Waals surface area (Å²) >= 11 is 7.58. The molecule has 1 heterocycles. The van der Waals surface area contributed by atoms with Gasteiger partial charge in [0.25, 0.3) is 5.91 Å². The van der Waals surface area contributed by atoms with E-state index in [-0.39, 0.29) is 18.2 Å². The maximum absolute atomic E-state index is 12.2. The summed E-state index contributed by atoms with van der Waals surface area (Å²) in [6, 6.07) is 14.9. The molecule has 3 aromatic rings. The second kappa shape index (κ2) is 11.5. The van der Waals surface area contributed by atoms with Crippen molar-refractivity contribution in [2.75, 3.05) is 0 Å². The molecule has 162 valence electrons. The van der Waals surface area contributed by atoms with Crippen LogP contribution >= 0.6 is 23.4 Å². The van der Waals surface area contributed by atoms with Crippen molar-refractivity contribution in [2.45, 2.75) is 43.3 Å². The Labute approximate surface area is 189 Å². The third kappa shape index (κ3) is 7.41. The number of benzene rings is 2. The van der Waals surface area contributed by atoms with Gasteiger partial charge in [0.05, 0.1) is 0 Å². The molecule has 3 rings (SSSR count). The number of nitrogens with zero attached hydrogens (tertiary/aromatic N) is 2. The van der Waals surface area contributed by atoms with Crippen molar-refractivity contribution in [3.8, 4) is 0 Å². The van der Waals surface area contributed by atoms with Crippen molar-refractivity contribution in [3.63, 3.8) is 0 Å². The normalized spacial score (nSPS) is 10.6. The topological polar surface area (TPSA) is 97.1 Å². The van der Waals surface area contributed by atoms with E-state index >= 15 is 0 Å². The lowest BCUT2D eigenvalue weighted by molar-refractivity contribution is -0.121. The van der Waals surface area contributed by atoms with Crippen LogP contribution < -0.4 is 10.9 Å². The average Bonchev–Trinajstić information content (AvgIpc) is 3.24. The van der Waals surface area contributed by atoms with E-state index in [1.807, 2.05) is 43.3 Å². The first-order valence-corrected chi connectivity index (χ1v) is 11.3. The molecule has 31 heavy (non-hydrogen) atoms. The van der Waals surface area contributed by atoms with Crippen molar-refractivity contribution in [1.82, 2.24) is 21.0 Å². The molecule has 0 saturated heterocycles. The van der Waals surface area contributed by atoms with Crippen LogP contribution in [0.25, 0.3) is 0 Å². The van der Waals surface area contributed by atoms with Crippen molar-refractivity contribution in [2.24, 2.45) is 0 Å². The number of carbonyl (C=O) groups excluding carboxylic acids is 2. The summed E-state index contributed by atoms with van der Waals surface area (Å²) in [5.74, 6) is 1.11. The Morgan fingerprint density at radius 3 is 2.48 bits per heavy atom. The number of hydrazine groups is 1. The van der Waals surface area contributed by atoms with Crippen LogP contribution in [0.4, 0.5) is 0 Å². The summed E-state index contributed by atoms with van der Waals surface area (Å²) in [5, 5.41) is 4.55. The Bertz CT molecular complexity index is 1010. The maximum atomic E-state index is 12.2. The van der Waals surface area contributed by atoms with Crippen LogP contribution in [0.5, 0.6) is 0 Å². The summed E-state index contributed by atoms with van der Waals surface area (Å²) in [6.45, 7) is 2.03. The van der Waals surface area contributed by atoms with Crippen LogP contribution in [0.15, 0.2) is 57.9 Å². The summed E-state index contributed by atoms with van der Waals surface area (Å²) in [6.07, 6.45) is 2.12. The van der Waals surface area contributed by atoms with E-state index in [4.69, 9.17) is 16.1 Å². The molecule has 0 atom stereocenters. The number of hydrogen-bond acceptors (Lipinski definition) is 6. The fraction of sp³-hybridized carbons (Fsp3) is 0.273. The highest BCUT2D eigenvalue weighted by molar-refractivity contribution is 7.98. The first-order valence-electron chi connectivity index (χ1n) is 9.91. The highest BCUT2D eigenvalue weighted by Gasteiger charge is 2.11. The fourth-order valence-corrected chi connectivity index (χ4v) is 3.63. The first-order chi connectivity index (χ1) is 15.0. The predicted molar refractivity (Wildman–Crippen MR) is 120 cm³/mol. The quantitative estimate of drug-likeness (QED) is 0.365. The molecule has 2 aromatic carbocycles. The smallest absolute Gasteiger partial charge is 0.269 e. The SMILES string of the molecule is CCCc1noc(CCC(=O)NNC(=O)c2ccc(CSc3ccc(Cl)cc3)cc2)n1. The molecular weight excluding hydrogens is 436 g/mol. The van der Waals surface area contributed by atoms with Gasteiger partial charge in [-0.3, -0.25) is 20.4 Å². The zero-order valence-electron chi connectivity index (χ0n) is 17.1. The lowest BCUT2D eigenvalue weighted by Crippen LogP contribution is -2.41. The second-order valence-corrected chi connectivity index (χ2v) is 8.28. The van der Waals surface area contributed by atoms with Crippen molar-refractivity contribution < 1.29 is 14.1 Å². The number of aryl methyl sites for hydroxylation is 2. The number of rotatable bonds is 9. The molecule has 0 unspecified atom stereocenters. The van der Waals surface area contributed by atoms with Crippen LogP contribution in [0.2, 0.25) is 5.02 Å². The number of thioether (sulfide) groups is 1. The minimum atomic E-state index is -0.381. The summed E-state index contributed by atoms with van der Waals surface area (Å²) < 4.78 is 5.09. The number of amides is 2. The third-order valence-electron chi connectivity index (χ3n) is 4.30. The molecule has 0 fully saturated rings. The summed E-state index contributed by atoms with van der Waals surface area (Å²) in [4.78, 5) is 29.5. The van der Waals surface area contributed by atoms with E-state index in [9.17, 15) is 9.59 Å². The van der Waals surface area contributed by atoms with Crippen molar-refractivity contribution in [3.05, 3.63) is 76.4 Å². The third-order valence-corrected chi connectivity index (χ3v) is 5.64. The largest absolute Gasteiger partial charge is 0.339 e. The molecule has 0 radical (unpaired) electrons. The molecule has 0 aliphatic carbocycles. The van der Waals surface area contributed by atoms with E-state index in [1.54, 1.807) is 23.9 Å². The Hall–Kier alpha value is -2.84. The van der Waals surface area contributed by atoms with Gasteiger partial charge in [0.2, 0.25) is 11.8 Å². The van der Waals surface area contributed by atoms with Gasteiger partial charge in [-0.05, 0) is 48.4 Å². The molecule has 0 aliphatic heterocycles. The molecule has 9 heteroatoms. The van der Waals surface area contributed by atoms with Gasteiger partial charge in [0, 0.05) is 40.5 Å². The van der Waals surface area contributed by atoms with Crippen molar-refractivity contribution >= 4 is 35.2 Å². The zero-order valence-corrected chi connectivity index (χ0v) is 18.6. The average molecular weight is 459 g/mol. The molecular formula is C22H23ClN4O3S. The highest BCUT2D eigenvalue weighted by Crippen LogP contribution is 2.24. The van der Waals surface area contributed by atoms with Crippen LogP contribution in [-0.2, 0) is 23.4 Å². The molecule has 0 spiro atoms. The molecule has 7 nitrogen and oxygen atoms in total. The Kier molecular flexibility index (Phi) is 8.49. The molecule has 1 aromatic heterocycles. The molecule has 2 N–H and O–H groups in total. The van der Waals surface area contributed by atoms with Crippen LogP contribution in [0.1, 0.15) is 47.4 Å². The zero-order chi connectivity index (χ0) is 22.1. The molecule has 0 bridgehead atoms. The number of carbonyl (C=O) groups is 2. The Morgan fingerprint density at radius 2 is 1.77 bits per heavy atom. The number of aromatic nitrogens is 2. The van der Waals surface area contributed by atoms with Crippen LogP contribution in [-0.4, -0.2) is 22.0 Å². The van der Waals surface area contributed by atoms with Gasteiger partial charge >= 0.3 is 0 Å². The fourth-order valence-electron chi connectivity index (χ4n) is 2.65. The van der Waals surface area contributed by atoms with Gasteiger partial charge in [0.15, 0.2) is 5.82 Å². The molecule has 2 amide bonds. The first kappa shape index (κ1) is 22.8. The van der Waals surface area contributed by atoms with E-state index in [0.29, 0.717) is 28.7 Å². The number of halogens is 1. The lowest BCUT2D eigenvalue weighted by atomic mass is 10.1. The van der Waals surface area contributed by atoms with Crippen LogP contribution in [0.3, 0.4) is 0 Å². The van der Waals surface area contributed by atoms with Gasteiger partial charge in [0.1, 0.15) is 0 Å². The predicted octanol–water partition coefficient (Wildman–Crippen LogP) is 4.36. The van der Waals surface area contributed by atoms with E-state index in [1.165, 1.54) is 0 Å². The lowest BCUT2D eigenvalue weighted by Gasteiger charge is -2.08. The van der Waals surface area contributed by atoms with Gasteiger partial charge in [-0.25, -0.2) is 0 Å². The monoisotopic (exact) mass is 458 g/mol. The van der Waals surface area contributed by atoms with Gasteiger partial charge < -0.3 is 4.52 Å². The van der Waals surface area contributed by atoms with Crippen LogP contribution in [0, 0.1) is 0 Å². The maximum Gasteiger partial charge on any atom is 0.269 e. The number of hydrogen-bond donors (Lipinski definition) is 2. The standard InChI is InChI=1S/C22H23ClN4O3S/c1-2-3-19-24-21(30-27-19)13-12-20(28)25-26-22(29)16-6-4-15(5-7-16)14-31-18-10-8-17(23)9-11-18/h4-11H,2-3,12-14H2,1H3,(H,25,28)(H,26,29). The van der Waals surface area contributed by atoms with E-state index in [0.717, 1.165) is 29.1 Å². The Morgan fingerprint density at radius 1 is 1.03 bits per heavy atom. The van der Waals surface area contributed by atoms with Gasteiger partial charge in [-0.2, -0.15) is 4.98 Å². The summed E-state index contributed by atoms with van der Waals surface area (Å²) in [5.41, 5.74) is 6.37. The second-order valence-electron chi connectivity index (χ2n) is 6.80. The Balaban J connectivity index is 1.40. The number of nitrogens with one attached hydrogen (secondary N) is 2. The van der Waals surface area contributed by atoms with Gasteiger partial charge in [-0.15, -0.1) is 11.8 Å². The molecule has 0 saturated carbocycles. The summed E-state index contributed by atoms with van der Waals surface area (Å²) in [7, 11) is 0. The van der Waals surface area contributed by atoms with E-state index < -0.39 is 0 Å². The van der Waals surface area contributed by atoms with Crippen molar-refractivity contribution in [1.29, 1.82) is 0 Å². The van der Waals surface area contributed by atoms with E-state index in [2.05, 4.69) is 21.0 Å². The minimum Gasteiger partial charge on any atom is -0.339 e. The van der Waals surface area contributed by atoms with Gasteiger partial charge in [-0.1, -0.05) is 35.8 Å². The minimum absolute atomic E-state index is 0.134. The molecule has 0 aliphatic rings. The highest BCUT2D eigenvalue weighted by atomic mass is 35.5.